The molecule has 0 aliphatic heterocycles. The molecule has 0 heterocycles. The van der Waals surface area contributed by atoms with Crippen LogP contribution >= 0.6 is 50.1 Å². The van der Waals surface area contributed by atoms with Gasteiger partial charge in [-0.25, -0.2) is 0 Å². The Hall–Kier alpha value is 0.190. The van der Waals surface area contributed by atoms with Crippen LogP contribution in [0.25, 0.3) is 0 Å². The van der Waals surface area contributed by atoms with Crippen molar-refractivity contribution in [2.24, 2.45) is 0 Å². The van der Waals surface area contributed by atoms with Gasteiger partial charge in [0.1, 0.15) is 5.75 Å². The third kappa shape index (κ3) is 2.35. The van der Waals surface area contributed by atoms with Gasteiger partial charge in [-0.2, -0.15) is 0 Å². The Morgan fingerprint density at radius 2 is 2.23 bits per heavy atom. The van der Waals surface area contributed by atoms with Crippen molar-refractivity contribution < 1.29 is 9.90 Å². The van der Waals surface area contributed by atoms with Crippen molar-refractivity contribution in [1.29, 1.82) is 0 Å². The van der Waals surface area contributed by atoms with E-state index < -0.39 is 0 Å². The Kier molecular flexibility index (Phi) is 4.00. The lowest BCUT2D eigenvalue weighted by atomic mass is 10.1. The number of hydrogen-bond acceptors (Lipinski definition) is 2. The lowest BCUT2D eigenvalue weighted by molar-refractivity contribution is 0.101. The standard InChI is InChI=1S/C8H5BrClIO2/c9-5-2-1-4(6(12)3-10)8(13)7(5)11/h1-2,13H,3H2. The van der Waals surface area contributed by atoms with E-state index in [1.807, 2.05) is 22.6 Å². The predicted molar refractivity (Wildman–Crippen MR) is 63.6 cm³/mol. The highest BCUT2D eigenvalue weighted by Gasteiger charge is 2.13. The fourth-order valence-electron chi connectivity index (χ4n) is 0.837. The summed E-state index contributed by atoms with van der Waals surface area (Å²) in [5.41, 5.74) is 0.266. The highest BCUT2D eigenvalue weighted by atomic mass is 127. The second-order valence-electron chi connectivity index (χ2n) is 2.31. The Morgan fingerprint density at radius 3 is 2.77 bits per heavy atom. The fourth-order valence-corrected chi connectivity index (χ4v) is 1.77. The summed E-state index contributed by atoms with van der Waals surface area (Å²) in [7, 11) is 0. The number of phenolic OH excluding ortho intramolecular Hbond substituents is 1. The summed E-state index contributed by atoms with van der Waals surface area (Å²) in [5, 5.41) is 9.56. The van der Waals surface area contributed by atoms with Crippen molar-refractivity contribution in [3.63, 3.8) is 0 Å². The SMILES string of the molecule is O=C(CCl)c1ccc(Br)c(I)c1O. The minimum Gasteiger partial charge on any atom is -0.506 e. The first-order valence-corrected chi connectivity index (χ1v) is 5.74. The molecule has 0 unspecified atom stereocenters. The zero-order valence-corrected chi connectivity index (χ0v) is 10.9. The van der Waals surface area contributed by atoms with E-state index in [4.69, 9.17) is 11.6 Å². The molecular weight excluding hydrogens is 370 g/mol. The van der Waals surface area contributed by atoms with E-state index in [1.54, 1.807) is 12.1 Å². The fraction of sp³-hybridized carbons (Fsp3) is 0.125. The molecule has 2 nitrogen and oxygen atoms in total. The molecule has 0 aliphatic carbocycles. The Morgan fingerprint density at radius 1 is 1.62 bits per heavy atom. The lowest BCUT2D eigenvalue weighted by Gasteiger charge is -2.04. The first-order chi connectivity index (χ1) is 6.07. The summed E-state index contributed by atoms with van der Waals surface area (Å²) in [5.74, 6) is -0.407. The van der Waals surface area contributed by atoms with Crippen LogP contribution in [0, 0.1) is 3.57 Å². The maximum absolute atomic E-state index is 11.2. The van der Waals surface area contributed by atoms with Crippen molar-refractivity contribution >= 4 is 55.9 Å². The number of benzene rings is 1. The van der Waals surface area contributed by atoms with E-state index in [0.29, 0.717) is 3.57 Å². The molecule has 1 aromatic carbocycles. The van der Waals surface area contributed by atoms with Gasteiger partial charge in [-0.3, -0.25) is 4.79 Å². The molecule has 0 saturated heterocycles. The van der Waals surface area contributed by atoms with Gasteiger partial charge in [0.25, 0.3) is 0 Å². The molecule has 0 saturated carbocycles. The Bertz CT molecular complexity index is 354. The molecule has 1 rings (SSSR count). The molecule has 0 fully saturated rings. The maximum atomic E-state index is 11.2. The van der Waals surface area contributed by atoms with Gasteiger partial charge < -0.3 is 5.11 Å². The van der Waals surface area contributed by atoms with E-state index >= 15 is 0 Å². The smallest absolute Gasteiger partial charge is 0.181 e. The molecule has 0 spiro atoms. The first kappa shape index (κ1) is 11.3. The number of ketones is 1. The first-order valence-electron chi connectivity index (χ1n) is 3.34. The van der Waals surface area contributed by atoms with Crippen molar-refractivity contribution in [3.8, 4) is 5.75 Å². The summed E-state index contributed by atoms with van der Waals surface area (Å²) in [6.45, 7) is 0. The highest BCUT2D eigenvalue weighted by molar-refractivity contribution is 14.1. The number of carbonyl (C=O) groups is 1. The number of rotatable bonds is 2. The number of halogens is 3. The molecule has 13 heavy (non-hydrogen) atoms. The molecule has 5 heteroatoms. The zero-order chi connectivity index (χ0) is 10.0. The normalized spacial score (nSPS) is 10.1. The third-order valence-corrected chi connectivity index (χ3v) is 4.23. The molecule has 0 aromatic heterocycles. The van der Waals surface area contributed by atoms with Crippen molar-refractivity contribution in [1.82, 2.24) is 0 Å². The van der Waals surface area contributed by atoms with Crippen molar-refractivity contribution in [2.45, 2.75) is 0 Å². The van der Waals surface area contributed by atoms with Gasteiger partial charge in [0.15, 0.2) is 5.78 Å². The highest BCUT2D eigenvalue weighted by Crippen LogP contribution is 2.31. The molecule has 0 radical (unpaired) electrons. The number of carbonyl (C=O) groups excluding carboxylic acids is 1. The van der Waals surface area contributed by atoms with E-state index in [0.717, 1.165) is 4.47 Å². The van der Waals surface area contributed by atoms with Crippen LogP contribution in [0.4, 0.5) is 0 Å². The quantitative estimate of drug-likeness (QED) is 0.490. The average Bonchev–Trinajstić information content (AvgIpc) is 2.13. The van der Waals surface area contributed by atoms with Crippen LogP contribution in [0.15, 0.2) is 16.6 Å². The largest absolute Gasteiger partial charge is 0.506 e. The van der Waals surface area contributed by atoms with E-state index in [2.05, 4.69) is 15.9 Å². The van der Waals surface area contributed by atoms with Gasteiger partial charge >= 0.3 is 0 Å². The second kappa shape index (κ2) is 4.61. The van der Waals surface area contributed by atoms with E-state index in [1.165, 1.54) is 0 Å². The van der Waals surface area contributed by atoms with Crippen molar-refractivity contribution in [3.05, 3.63) is 25.7 Å². The van der Waals surface area contributed by atoms with Crippen LogP contribution in [0.3, 0.4) is 0 Å². The summed E-state index contributed by atoms with van der Waals surface area (Å²) < 4.78 is 1.38. The number of phenols is 1. The van der Waals surface area contributed by atoms with E-state index in [9.17, 15) is 9.90 Å². The number of alkyl halides is 1. The van der Waals surface area contributed by atoms with Gasteiger partial charge in [-0.05, 0) is 50.7 Å². The summed E-state index contributed by atoms with van der Waals surface area (Å²) in [6, 6.07) is 3.26. The van der Waals surface area contributed by atoms with Gasteiger partial charge in [0.05, 0.1) is 15.0 Å². The van der Waals surface area contributed by atoms with Gasteiger partial charge in [0, 0.05) is 4.47 Å². The maximum Gasteiger partial charge on any atom is 0.181 e. The summed E-state index contributed by atoms with van der Waals surface area (Å²) in [6.07, 6.45) is 0. The Labute approximate surface area is 103 Å². The molecule has 70 valence electrons. The molecule has 1 N–H and O–H groups in total. The van der Waals surface area contributed by atoms with Crippen LogP contribution in [0.1, 0.15) is 10.4 Å². The average molecular weight is 375 g/mol. The molecule has 1 aromatic rings. The third-order valence-electron chi connectivity index (χ3n) is 1.49. The molecule has 0 amide bonds. The molecular formula is C8H5BrClIO2. The monoisotopic (exact) mass is 374 g/mol. The number of Topliss-reactive ketones (excluding diaryl/α,β-unsaturated/α-hetero) is 1. The minimum atomic E-state index is -0.274. The summed E-state index contributed by atoms with van der Waals surface area (Å²) >= 11 is 10.6. The van der Waals surface area contributed by atoms with Crippen LogP contribution in [-0.4, -0.2) is 16.8 Å². The van der Waals surface area contributed by atoms with Crippen LogP contribution in [0.5, 0.6) is 5.75 Å². The summed E-state index contributed by atoms with van der Waals surface area (Å²) in [4.78, 5) is 11.2. The lowest BCUT2D eigenvalue weighted by Crippen LogP contribution is -2.01. The van der Waals surface area contributed by atoms with Gasteiger partial charge in [-0.1, -0.05) is 0 Å². The topological polar surface area (TPSA) is 37.3 Å². The van der Waals surface area contributed by atoms with E-state index in [-0.39, 0.29) is 23.0 Å². The van der Waals surface area contributed by atoms with Crippen LogP contribution in [-0.2, 0) is 0 Å². The minimum absolute atomic E-state index is 0.0133. The molecule has 0 atom stereocenters. The molecule has 0 aliphatic rings. The Balaban J connectivity index is 3.26. The van der Waals surface area contributed by atoms with Gasteiger partial charge in [0.2, 0.25) is 0 Å². The van der Waals surface area contributed by atoms with Gasteiger partial charge in [-0.15, -0.1) is 11.6 Å². The second-order valence-corrected chi connectivity index (χ2v) is 4.51. The van der Waals surface area contributed by atoms with Crippen molar-refractivity contribution in [2.75, 3.05) is 5.88 Å². The molecule has 0 bridgehead atoms. The zero-order valence-electron chi connectivity index (χ0n) is 6.35. The number of aromatic hydroxyl groups is 1. The van der Waals surface area contributed by atoms with Crippen LogP contribution in [0.2, 0.25) is 0 Å². The number of hydrogen-bond donors (Lipinski definition) is 1. The predicted octanol–water partition coefficient (Wildman–Crippen LogP) is 3.18. The van der Waals surface area contributed by atoms with Crippen LogP contribution < -0.4 is 0 Å².